The van der Waals surface area contributed by atoms with Gasteiger partial charge >= 0.3 is 0 Å². The Morgan fingerprint density at radius 1 is 0.865 bits per heavy atom. The van der Waals surface area contributed by atoms with Gasteiger partial charge in [-0.3, -0.25) is 0 Å². The van der Waals surface area contributed by atoms with E-state index in [4.69, 9.17) is 9.47 Å². The first-order valence-electron chi connectivity index (χ1n) is 13.5. The molecule has 10 heteroatoms. The largest absolute Gasteiger partial charge is 0.490 e. The topological polar surface area (TPSA) is 91.8 Å². The average molecular weight is 505 g/mol. The van der Waals surface area contributed by atoms with Gasteiger partial charge in [-0.05, 0) is 38.8 Å². The fourth-order valence-corrected chi connectivity index (χ4v) is 5.49. The number of rotatable bonds is 6. The predicted molar refractivity (Wildman–Crippen MR) is 145 cm³/mol. The average Bonchev–Trinajstić information content (AvgIpc) is 2.95. The molecule has 3 aromatic rings. The van der Waals surface area contributed by atoms with Crippen molar-refractivity contribution in [2.45, 2.75) is 37.8 Å². The van der Waals surface area contributed by atoms with E-state index >= 15 is 0 Å². The molecule has 0 bridgehead atoms. The maximum Gasteiger partial charge on any atom is 0.134 e. The van der Waals surface area contributed by atoms with Gasteiger partial charge in [-0.2, -0.15) is 0 Å². The van der Waals surface area contributed by atoms with E-state index in [1.165, 1.54) is 0 Å². The lowest BCUT2D eigenvalue weighted by Crippen LogP contribution is -2.44. The van der Waals surface area contributed by atoms with Gasteiger partial charge in [0, 0.05) is 69.3 Å². The van der Waals surface area contributed by atoms with Crippen LogP contribution in [0.1, 0.15) is 25.7 Å². The standard InChI is InChI=1S/C27H36N8O2/c1-33-6-8-35(9-7-33)27-16-26(30-19-31-27)32-20-2-4-22(5-3-20)37-25-15-21(34-10-12-36-13-11-34)14-24-23(25)17-28-18-29-24/h14-20,22H,2-13H2,1H3,(H,30,31,32)/t20-,22+. The minimum atomic E-state index is 0.174. The molecule has 10 nitrogen and oxygen atoms in total. The van der Waals surface area contributed by atoms with Gasteiger partial charge in [0.15, 0.2) is 0 Å². The van der Waals surface area contributed by atoms with E-state index in [2.05, 4.69) is 65.2 Å². The number of aromatic nitrogens is 4. The second kappa shape index (κ2) is 11.0. The van der Waals surface area contributed by atoms with E-state index in [9.17, 15) is 0 Å². The number of benzene rings is 1. The van der Waals surface area contributed by atoms with Crippen LogP contribution >= 0.6 is 0 Å². The molecule has 1 aliphatic carbocycles. The summed E-state index contributed by atoms with van der Waals surface area (Å²) in [6.45, 7) is 7.39. The molecule has 37 heavy (non-hydrogen) atoms. The van der Waals surface area contributed by atoms with Crippen molar-refractivity contribution in [1.82, 2.24) is 24.8 Å². The number of nitrogens with zero attached hydrogens (tertiary/aromatic N) is 7. The van der Waals surface area contributed by atoms with Gasteiger partial charge in [0.1, 0.15) is 30.0 Å². The van der Waals surface area contributed by atoms with Crippen LogP contribution in [0, 0.1) is 0 Å². The molecule has 6 rings (SSSR count). The van der Waals surface area contributed by atoms with Crippen LogP contribution in [0.4, 0.5) is 17.3 Å². The van der Waals surface area contributed by atoms with E-state index in [-0.39, 0.29) is 6.10 Å². The number of likely N-dealkylation sites (N-methyl/N-ethyl adjacent to an activating group) is 1. The molecular weight excluding hydrogens is 468 g/mol. The molecule has 2 aliphatic heterocycles. The molecule has 3 fully saturated rings. The molecule has 1 aromatic carbocycles. The lowest BCUT2D eigenvalue weighted by atomic mass is 9.93. The van der Waals surface area contributed by atoms with Gasteiger partial charge in [-0.15, -0.1) is 0 Å². The maximum absolute atomic E-state index is 6.60. The summed E-state index contributed by atoms with van der Waals surface area (Å²) < 4.78 is 12.1. The molecule has 0 amide bonds. The second-order valence-corrected chi connectivity index (χ2v) is 10.3. The Hall–Kier alpha value is -3.24. The zero-order valence-corrected chi connectivity index (χ0v) is 21.6. The highest BCUT2D eigenvalue weighted by molar-refractivity contribution is 5.88. The third-order valence-corrected chi connectivity index (χ3v) is 7.75. The van der Waals surface area contributed by atoms with Gasteiger partial charge < -0.3 is 29.5 Å². The van der Waals surface area contributed by atoms with Crippen molar-refractivity contribution < 1.29 is 9.47 Å². The van der Waals surface area contributed by atoms with Crippen LogP contribution in [0.15, 0.2) is 37.1 Å². The van der Waals surface area contributed by atoms with Gasteiger partial charge in [-0.1, -0.05) is 0 Å². The zero-order valence-electron chi connectivity index (χ0n) is 21.6. The summed E-state index contributed by atoms with van der Waals surface area (Å²) in [5.74, 6) is 2.80. The van der Waals surface area contributed by atoms with Crippen molar-refractivity contribution in [1.29, 1.82) is 0 Å². The van der Waals surface area contributed by atoms with Crippen LogP contribution in [0.2, 0.25) is 0 Å². The minimum Gasteiger partial charge on any atom is -0.490 e. The van der Waals surface area contributed by atoms with E-state index < -0.39 is 0 Å². The number of hydrogen-bond donors (Lipinski definition) is 1. The Kier molecular flexibility index (Phi) is 7.18. The first-order chi connectivity index (χ1) is 18.2. The molecular formula is C27H36N8O2. The van der Waals surface area contributed by atoms with E-state index in [1.54, 1.807) is 12.7 Å². The Morgan fingerprint density at radius 2 is 1.68 bits per heavy atom. The Bertz CT molecular complexity index is 1190. The normalized spacial score (nSPS) is 23.3. The smallest absolute Gasteiger partial charge is 0.134 e. The highest BCUT2D eigenvalue weighted by Crippen LogP contribution is 2.34. The molecule has 3 aliphatic rings. The number of nitrogens with one attached hydrogen (secondary N) is 1. The number of ether oxygens (including phenoxy) is 2. The van der Waals surface area contributed by atoms with Crippen LogP contribution in [-0.4, -0.2) is 96.5 Å². The van der Waals surface area contributed by atoms with Gasteiger partial charge in [0.05, 0.1) is 30.2 Å². The van der Waals surface area contributed by atoms with Gasteiger partial charge in [0.25, 0.3) is 0 Å². The lowest BCUT2D eigenvalue weighted by molar-refractivity contribution is 0.122. The third-order valence-electron chi connectivity index (χ3n) is 7.75. The maximum atomic E-state index is 6.60. The van der Waals surface area contributed by atoms with Gasteiger partial charge in [-0.25, -0.2) is 19.9 Å². The quantitative estimate of drug-likeness (QED) is 0.540. The van der Waals surface area contributed by atoms with Crippen molar-refractivity contribution in [3.05, 3.63) is 37.1 Å². The lowest BCUT2D eigenvalue weighted by Gasteiger charge is -2.33. The summed E-state index contributed by atoms with van der Waals surface area (Å²) in [4.78, 5) is 24.8. The zero-order chi connectivity index (χ0) is 25.0. The molecule has 0 spiro atoms. The van der Waals surface area contributed by atoms with Crippen molar-refractivity contribution >= 4 is 28.2 Å². The van der Waals surface area contributed by atoms with E-state index in [0.717, 1.165) is 112 Å². The summed E-state index contributed by atoms with van der Waals surface area (Å²) in [6.07, 6.45) is 9.38. The highest BCUT2D eigenvalue weighted by atomic mass is 16.5. The molecule has 1 saturated carbocycles. The summed E-state index contributed by atoms with van der Waals surface area (Å²) in [6, 6.07) is 6.77. The van der Waals surface area contributed by atoms with E-state index in [0.29, 0.717) is 6.04 Å². The number of hydrogen-bond acceptors (Lipinski definition) is 10. The molecule has 2 aromatic heterocycles. The Morgan fingerprint density at radius 3 is 2.49 bits per heavy atom. The number of anilines is 3. The fourth-order valence-electron chi connectivity index (χ4n) is 5.49. The van der Waals surface area contributed by atoms with Crippen molar-refractivity contribution in [2.24, 2.45) is 0 Å². The van der Waals surface area contributed by atoms with Crippen LogP contribution in [0.3, 0.4) is 0 Å². The Labute approximate surface area is 218 Å². The molecule has 0 radical (unpaired) electrons. The number of piperazine rings is 1. The number of morpholine rings is 1. The molecule has 2 saturated heterocycles. The first-order valence-corrected chi connectivity index (χ1v) is 13.5. The summed E-state index contributed by atoms with van der Waals surface area (Å²) in [5, 5.41) is 4.62. The predicted octanol–water partition coefficient (Wildman–Crippen LogP) is 2.81. The Balaban J connectivity index is 1.08. The van der Waals surface area contributed by atoms with Crippen molar-refractivity contribution in [2.75, 3.05) is 74.6 Å². The van der Waals surface area contributed by atoms with Crippen LogP contribution in [0.5, 0.6) is 5.75 Å². The van der Waals surface area contributed by atoms with E-state index in [1.807, 2.05) is 6.20 Å². The van der Waals surface area contributed by atoms with Gasteiger partial charge in [0.2, 0.25) is 0 Å². The molecule has 196 valence electrons. The monoisotopic (exact) mass is 504 g/mol. The SMILES string of the molecule is CN1CCN(c2cc(N[C@H]3CC[C@@H](Oc4cc(N5CCOCC5)cc5ncncc45)CC3)ncn2)CC1. The van der Waals surface area contributed by atoms with Crippen molar-refractivity contribution in [3.63, 3.8) is 0 Å². The first kappa shape index (κ1) is 24.1. The molecule has 4 heterocycles. The van der Waals surface area contributed by atoms with Crippen molar-refractivity contribution in [3.8, 4) is 5.75 Å². The third kappa shape index (κ3) is 5.70. The number of fused-ring (bicyclic) bond motifs is 1. The molecule has 1 N–H and O–H groups in total. The molecule has 0 unspecified atom stereocenters. The fraction of sp³-hybridized carbons (Fsp3) is 0.556. The summed E-state index contributed by atoms with van der Waals surface area (Å²) in [5.41, 5.74) is 2.06. The minimum absolute atomic E-state index is 0.174. The summed E-state index contributed by atoms with van der Waals surface area (Å²) >= 11 is 0. The van der Waals surface area contributed by atoms with Crippen LogP contribution < -0.4 is 19.9 Å². The van der Waals surface area contributed by atoms with Crippen LogP contribution in [0.25, 0.3) is 10.9 Å². The highest BCUT2D eigenvalue weighted by Gasteiger charge is 2.25. The second-order valence-electron chi connectivity index (χ2n) is 10.3. The van der Waals surface area contributed by atoms with Crippen LogP contribution in [-0.2, 0) is 4.74 Å². The summed E-state index contributed by atoms with van der Waals surface area (Å²) in [7, 11) is 2.17. The molecule has 0 atom stereocenters.